The molecule has 31 heavy (non-hydrogen) atoms. The Balaban J connectivity index is 0.000000445. The third-order valence-corrected chi connectivity index (χ3v) is 4.71. The zero-order valence-corrected chi connectivity index (χ0v) is 18.8. The van der Waals surface area contributed by atoms with Crippen molar-refractivity contribution in [3.8, 4) is 0 Å². The van der Waals surface area contributed by atoms with E-state index in [1.807, 2.05) is 20.8 Å². The molecule has 0 aliphatic carbocycles. The van der Waals surface area contributed by atoms with E-state index in [0.29, 0.717) is 11.1 Å². The van der Waals surface area contributed by atoms with Gasteiger partial charge in [0, 0.05) is 5.92 Å². The van der Waals surface area contributed by atoms with Crippen LogP contribution in [0.2, 0.25) is 0 Å². The number of hydrogen-bond acceptors (Lipinski definition) is 4. The Morgan fingerprint density at radius 3 is 1.39 bits per heavy atom. The van der Waals surface area contributed by atoms with Crippen molar-refractivity contribution in [1.29, 1.82) is 0 Å². The summed E-state index contributed by atoms with van der Waals surface area (Å²) >= 11 is 0. The van der Waals surface area contributed by atoms with Crippen LogP contribution in [0, 0.1) is 11.8 Å². The zero-order valence-electron chi connectivity index (χ0n) is 18.8. The topological polar surface area (TPSA) is 115 Å². The molecule has 2 aromatic rings. The summed E-state index contributed by atoms with van der Waals surface area (Å²) in [7, 11) is 0. The van der Waals surface area contributed by atoms with Crippen molar-refractivity contribution in [2.75, 3.05) is 0 Å². The first kappa shape index (κ1) is 28.3. The maximum atomic E-state index is 10.2. The highest BCUT2D eigenvalue weighted by Crippen LogP contribution is 2.22. The largest absolute Gasteiger partial charge is 0.478 e. The highest BCUT2D eigenvalue weighted by Gasteiger charge is 2.26. The summed E-state index contributed by atoms with van der Waals surface area (Å²) < 4.78 is 0. The number of aromatic carboxylic acids is 2. The van der Waals surface area contributed by atoms with Crippen molar-refractivity contribution in [1.82, 2.24) is 0 Å². The van der Waals surface area contributed by atoms with E-state index < -0.39 is 11.9 Å². The summed E-state index contributed by atoms with van der Waals surface area (Å²) in [6, 6.07) is 16.6. The van der Waals surface area contributed by atoms with E-state index in [9.17, 15) is 19.8 Å². The van der Waals surface area contributed by atoms with Gasteiger partial charge in [0.2, 0.25) is 0 Å². The van der Waals surface area contributed by atoms with E-state index in [1.54, 1.807) is 60.7 Å². The average Bonchev–Trinajstić information content (AvgIpc) is 2.76. The predicted molar refractivity (Wildman–Crippen MR) is 122 cm³/mol. The quantitative estimate of drug-likeness (QED) is 0.469. The molecule has 172 valence electrons. The van der Waals surface area contributed by atoms with E-state index in [2.05, 4.69) is 6.92 Å². The van der Waals surface area contributed by atoms with Crippen LogP contribution in [-0.2, 0) is 0 Å². The molecule has 4 N–H and O–H groups in total. The van der Waals surface area contributed by atoms with Crippen LogP contribution in [0.15, 0.2) is 60.7 Å². The van der Waals surface area contributed by atoms with Crippen LogP contribution in [0.25, 0.3) is 0 Å². The Bertz CT molecular complexity index is 681. The van der Waals surface area contributed by atoms with E-state index >= 15 is 0 Å². The minimum absolute atomic E-state index is 0.0416. The molecule has 0 aromatic heterocycles. The maximum absolute atomic E-state index is 10.2. The first-order valence-electron chi connectivity index (χ1n) is 10.6. The Morgan fingerprint density at radius 2 is 1.16 bits per heavy atom. The molecule has 0 fully saturated rings. The number of benzene rings is 2. The fourth-order valence-electron chi connectivity index (χ4n) is 2.91. The van der Waals surface area contributed by atoms with E-state index in [4.69, 9.17) is 10.2 Å². The van der Waals surface area contributed by atoms with Gasteiger partial charge in [-0.1, -0.05) is 70.5 Å². The summed E-state index contributed by atoms with van der Waals surface area (Å²) in [6.07, 6.45) is 1.91. The van der Waals surface area contributed by atoms with Crippen LogP contribution in [0.5, 0.6) is 0 Å². The van der Waals surface area contributed by atoms with Gasteiger partial charge in [-0.15, -0.1) is 0 Å². The van der Waals surface area contributed by atoms with Gasteiger partial charge in [0.05, 0.1) is 23.3 Å². The number of aliphatic hydroxyl groups excluding tert-OH is 2. The highest BCUT2D eigenvalue weighted by molar-refractivity contribution is 5.87. The van der Waals surface area contributed by atoms with Crippen LogP contribution >= 0.6 is 0 Å². The number of carboxylic acid groups (broad SMARTS) is 2. The SMILES string of the molecule is CCCC(O)C(CC)C(O)C(C)C.O=C(O)c1ccccc1.O=C(O)c1ccccc1. The van der Waals surface area contributed by atoms with Gasteiger partial charge in [-0.3, -0.25) is 0 Å². The van der Waals surface area contributed by atoms with E-state index in [-0.39, 0.29) is 24.0 Å². The molecule has 3 atom stereocenters. The molecule has 0 saturated carbocycles. The molecule has 0 saturated heterocycles. The van der Waals surface area contributed by atoms with Gasteiger partial charge >= 0.3 is 11.9 Å². The van der Waals surface area contributed by atoms with Crippen LogP contribution < -0.4 is 0 Å². The Morgan fingerprint density at radius 1 is 0.774 bits per heavy atom. The molecule has 0 radical (unpaired) electrons. The molecule has 0 aliphatic heterocycles. The fraction of sp³-hybridized carbons (Fsp3) is 0.440. The van der Waals surface area contributed by atoms with Gasteiger partial charge in [0.15, 0.2) is 0 Å². The minimum atomic E-state index is -0.879. The lowest BCUT2D eigenvalue weighted by Crippen LogP contribution is -2.34. The van der Waals surface area contributed by atoms with Crippen LogP contribution in [-0.4, -0.2) is 44.6 Å². The lowest BCUT2D eigenvalue weighted by Gasteiger charge is -2.28. The molecule has 2 rings (SSSR count). The third kappa shape index (κ3) is 11.9. The second-order valence-corrected chi connectivity index (χ2v) is 7.51. The molecule has 0 heterocycles. The van der Waals surface area contributed by atoms with Crippen LogP contribution in [0.4, 0.5) is 0 Å². The monoisotopic (exact) mass is 432 g/mol. The second kappa shape index (κ2) is 16.1. The van der Waals surface area contributed by atoms with Crippen LogP contribution in [0.1, 0.15) is 67.7 Å². The molecule has 0 spiro atoms. The summed E-state index contributed by atoms with van der Waals surface area (Å²) in [4.78, 5) is 20.4. The van der Waals surface area contributed by atoms with Crippen molar-refractivity contribution in [2.24, 2.45) is 11.8 Å². The third-order valence-electron chi connectivity index (χ3n) is 4.71. The van der Waals surface area contributed by atoms with Gasteiger partial charge in [0.1, 0.15) is 0 Å². The summed E-state index contributed by atoms with van der Waals surface area (Å²) in [5.74, 6) is -1.48. The number of carbonyl (C=O) groups is 2. The predicted octanol–water partition coefficient (Wildman–Crippen LogP) is 4.96. The van der Waals surface area contributed by atoms with Gasteiger partial charge in [0.25, 0.3) is 0 Å². The molecule has 0 bridgehead atoms. The first-order valence-corrected chi connectivity index (χ1v) is 10.6. The van der Waals surface area contributed by atoms with Gasteiger partial charge in [-0.2, -0.15) is 0 Å². The summed E-state index contributed by atoms with van der Waals surface area (Å²) in [5, 5.41) is 36.4. The van der Waals surface area contributed by atoms with Crippen molar-refractivity contribution < 1.29 is 30.0 Å². The van der Waals surface area contributed by atoms with Crippen molar-refractivity contribution in [2.45, 2.75) is 59.2 Å². The molecule has 0 aliphatic rings. The van der Waals surface area contributed by atoms with Crippen molar-refractivity contribution in [3.63, 3.8) is 0 Å². The van der Waals surface area contributed by atoms with Gasteiger partial charge in [-0.05, 0) is 43.0 Å². The highest BCUT2D eigenvalue weighted by atomic mass is 16.4. The van der Waals surface area contributed by atoms with Gasteiger partial charge < -0.3 is 20.4 Å². The molecule has 0 amide bonds. The second-order valence-electron chi connectivity index (χ2n) is 7.51. The Hall–Kier alpha value is -2.70. The van der Waals surface area contributed by atoms with Crippen molar-refractivity contribution in [3.05, 3.63) is 71.8 Å². The number of aliphatic hydroxyl groups is 2. The van der Waals surface area contributed by atoms with E-state index in [0.717, 1.165) is 19.3 Å². The fourth-order valence-corrected chi connectivity index (χ4v) is 2.91. The average molecular weight is 433 g/mol. The first-order chi connectivity index (χ1) is 14.6. The van der Waals surface area contributed by atoms with Gasteiger partial charge in [-0.25, -0.2) is 9.59 Å². The summed E-state index contributed by atoms with van der Waals surface area (Å²) in [5.41, 5.74) is 0.662. The number of carboxylic acids is 2. The molecular formula is C25H36O6. The van der Waals surface area contributed by atoms with E-state index in [1.165, 1.54) is 0 Å². The molecule has 6 heteroatoms. The molecule has 3 unspecified atom stereocenters. The van der Waals surface area contributed by atoms with Crippen molar-refractivity contribution >= 4 is 11.9 Å². The maximum Gasteiger partial charge on any atom is 0.335 e. The molecule has 6 nitrogen and oxygen atoms in total. The Labute approximate surface area is 185 Å². The minimum Gasteiger partial charge on any atom is -0.478 e. The normalized spacial score (nSPS) is 13.0. The Kier molecular flexibility index (Phi) is 14.7. The number of hydrogen-bond donors (Lipinski definition) is 4. The summed E-state index contributed by atoms with van der Waals surface area (Å²) in [6.45, 7) is 8.06. The number of rotatable bonds is 8. The van der Waals surface area contributed by atoms with Crippen LogP contribution in [0.3, 0.4) is 0 Å². The lowest BCUT2D eigenvalue weighted by molar-refractivity contribution is -0.0161. The molecule has 2 aromatic carbocycles. The standard InChI is InChI=1S/C11H24O2.2C7H6O2/c1-5-7-10(12)9(6-2)11(13)8(3)4;2*8-7(9)6-4-2-1-3-5-6/h8-13H,5-7H2,1-4H3;2*1-5H,(H,8,9). The smallest absolute Gasteiger partial charge is 0.335 e. The molecular weight excluding hydrogens is 396 g/mol. The lowest BCUT2D eigenvalue weighted by atomic mass is 9.85. The zero-order chi connectivity index (χ0) is 23.8.